The molecule has 3 aromatic rings. The van der Waals surface area contributed by atoms with E-state index in [-0.39, 0.29) is 11.3 Å². The minimum Gasteiger partial charge on any atom is -0.478 e. The number of carbonyl (C=O) groups is 1. The van der Waals surface area contributed by atoms with Gasteiger partial charge in [0.15, 0.2) is 0 Å². The quantitative estimate of drug-likeness (QED) is 0.799. The highest BCUT2D eigenvalue weighted by atomic mass is 16.4. The van der Waals surface area contributed by atoms with Crippen LogP contribution >= 0.6 is 0 Å². The van der Waals surface area contributed by atoms with E-state index in [0.29, 0.717) is 17.9 Å². The van der Waals surface area contributed by atoms with Crippen LogP contribution in [-0.4, -0.2) is 25.4 Å². The summed E-state index contributed by atoms with van der Waals surface area (Å²) in [6.45, 7) is 2.22. The Labute approximate surface area is 138 Å². The lowest BCUT2D eigenvalue weighted by molar-refractivity contribution is 0.0697. The van der Waals surface area contributed by atoms with Crippen molar-refractivity contribution in [1.29, 1.82) is 0 Å². The molecule has 0 aliphatic rings. The van der Waals surface area contributed by atoms with Gasteiger partial charge in [0.1, 0.15) is 5.82 Å². The fourth-order valence-corrected chi connectivity index (χ4v) is 2.70. The zero-order valence-electron chi connectivity index (χ0n) is 13.4. The van der Waals surface area contributed by atoms with E-state index in [9.17, 15) is 14.7 Å². The molecule has 0 saturated carbocycles. The number of benzene rings is 2. The van der Waals surface area contributed by atoms with Crippen molar-refractivity contribution in [3.63, 3.8) is 0 Å². The Morgan fingerprint density at radius 3 is 2.38 bits per heavy atom. The van der Waals surface area contributed by atoms with Gasteiger partial charge in [-0.2, -0.15) is 5.10 Å². The van der Waals surface area contributed by atoms with E-state index in [1.165, 1.54) is 4.68 Å². The van der Waals surface area contributed by atoms with Crippen LogP contribution in [0.15, 0.2) is 53.3 Å². The number of rotatable bonds is 4. The molecule has 0 spiro atoms. The van der Waals surface area contributed by atoms with Gasteiger partial charge in [0.05, 0.1) is 12.1 Å². The van der Waals surface area contributed by atoms with Crippen LogP contribution in [0.2, 0.25) is 0 Å². The van der Waals surface area contributed by atoms with Gasteiger partial charge in [-0.15, -0.1) is 0 Å². The van der Waals surface area contributed by atoms with Crippen molar-refractivity contribution >= 4 is 5.97 Å². The van der Waals surface area contributed by atoms with E-state index >= 15 is 0 Å². The fraction of sp³-hybridized carbons (Fsp3) is 0.167. The minimum atomic E-state index is -0.952. The zero-order valence-corrected chi connectivity index (χ0v) is 13.4. The van der Waals surface area contributed by atoms with Crippen LogP contribution in [0.4, 0.5) is 0 Å². The van der Waals surface area contributed by atoms with Crippen LogP contribution in [-0.2, 0) is 13.6 Å². The predicted molar refractivity (Wildman–Crippen MR) is 90.1 cm³/mol. The van der Waals surface area contributed by atoms with Crippen molar-refractivity contribution in [2.75, 3.05) is 0 Å². The predicted octanol–water partition coefficient (Wildman–Crippen LogP) is 2.30. The molecule has 0 atom stereocenters. The fourth-order valence-electron chi connectivity index (χ4n) is 2.70. The summed E-state index contributed by atoms with van der Waals surface area (Å²) in [5.41, 5.74) is 2.56. The van der Waals surface area contributed by atoms with Gasteiger partial charge in [0, 0.05) is 7.05 Å². The first kappa shape index (κ1) is 15.7. The second-order valence-corrected chi connectivity index (χ2v) is 5.59. The highest BCUT2D eigenvalue weighted by Gasteiger charge is 2.11. The first-order valence-electron chi connectivity index (χ1n) is 7.49. The van der Waals surface area contributed by atoms with Gasteiger partial charge in [-0.05, 0) is 29.7 Å². The van der Waals surface area contributed by atoms with Crippen molar-refractivity contribution in [3.8, 4) is 11.1 Å². The lowest BCUT2D eigenvalue weighted by Gasteiger charge is -2.08. The molecule has 3 rings (SSSR count). The molecule has 1 N–H and O–H groups in total. The van der Waals surface area contributed by atoms with E-state index in [0.717, 1.165) is 11.1 Å². The van der Waals surface area contributed by atoms with Gasteiger partial charge in [-0.1, -0.05) is 42.5 Å². The average molecular weight is 323 g/mol. The van der Waals surface area contributed by atoms with Gasteiger partial charge in [-0.3, -0.25) is 4.57 Å². The summed E-state index contributed by atoms with van der Waals surface area (Å²) in [6.07, 6.45) is 0. The Bertz CT molecular complexity index is 952. The van der Waals surface area contributed by atoms with Gasteiger partial charge >= 0.3 is 11.7 Å². The van der Waals surface area contributed by atoms with Gasteiger partial charge in [0.2, 0.25) is 0 Å². The highest BCUT2D eigenvalue weighted by Crippen LogP contribution is 2.24. The van der Waals surface area contributed by atoms with E-state index in [1.54, 1.807) is 36.7 Å². The van der Waals surface area contributed by atoms with Crippen LogP contribution in [0.5, 0.6) is 0 Å². The molecule has 24 heavy (non-hydrogen) atoms. The Hall–Kier alpha value is -3.15. The number of nitrogens with zero attached hydrogens (tertiary/aromatic N) is 3. The van der Waals surface area contributed by atoms with Crippen LogP contribution in [0.3, 0.4) is 0 Å². The lowest BCUT2D eigenvalue weighted by Crippen LogP contribution is -2.23. The summed E-state index contributed by atoms with van der Waals surface area (Å²) in [6, 6.07) is 14.4. The molecule has 1 heterocycles. The molecule has 0 bridgehead atoms. The number of aryl methyl sites for hydroxylation is 2. The average Bonchev–Trinajstić information content (AvgIpc) is 2.82. The number of carboxylic acids is 1. The maximum Gasteiger partial charge on any atom is 0.345 e. The van der Waals surface area contributed by atoms with E-state index in [1.807, 2.05) is 30.3 Å². The van der Waals surface area contributed by atoms with Crippen molar-refractivity contribution in [2.24, 2.45) is 7.05 Å². The molecule has 0 amide bonds. The zero-order chi connectivity index (χ0) is 17.3. The van der Waals surface area contributed by atoms with E-state index < -0.39 is 5.97 Å². The summed E-state index contributed by atoms with van der Waals surface area (Å²) < 4.78 is 2.91. The maximum atomic E-state index is 12.0. The topological polar surface area (TPSA) is 77.1 Å². The summed E-state index contributed by atoms with van der Waals surface area (Å²) in [7, 11) is 1.62. The molecule has 6 nitrogen and oxygen atoms in total. The Balaban J connectivity index is 1.92. The highest BCUT2D eigenvalue weighted by molar-refractivity contribution is 5.95. The molecule has 2 aromatic carbocycles. The third kappa shape index (κ3) is 2.86. The van der Waals surface area contributed by atoms with Gasteiger partial charge in [0.25, 0.3) is 0 Å². The molecule has 0 aliphatic heterocycles. The smallest absolute Gasteiger partial charge is 0.345 e. The first-order chi connectivity index (χ1) is 11.5. The summed E-state index contributed by atoms with van der Waals surface area (Å²) in [5, 5.41) is 13.4. The monoisotopic (exact) mass is 323 g/mol. The molecule has 1 aromatic heterocycles. The molecule has 0 unspecified atom stereocenters. The van der Waals surface area contributed by atoms with Crippen LogP contribution in [0, 0.1) is 6.92 Å². The Morgan fingerprint density at radius 1 is 1.12 bits per heavy atom. The maximum absolute atomic E-state index is 12.0. The third-order valence-corrected chi connectivity index (χ3v) is 3.96. The number of carboxylic acid groups (broad SMARTS) is 1. The SMILES string of the molecule is Cc1nn(C)c(=O)n1Cc1ccc(-c2ccccc2C(=O)O)cc1. The van der Waals surface area contributed by atoms with Crippen molar-refractivity contribution < 1.29 is 9.90 Å². The third-order valence-electron chi connectivity index (χ3n) is 3.96. The number of aromatic nitrogens is 3. The normalized spacial score (nSPS) is 10.8. The van der Waals surface area contributed by atoms with Crippen LogP contribution in [0.25, 0.3) is 11.1 Å². The molecular formula is C18H17N3O3. The van der Waals surface area contributed by atoms with Crippen molar-refractivity contribution in [2.45, 2.75) is 13.5 Å². The molecule has 6 heteroatoms. The summed E-state index contributed by atoms with van der Waals surface area (Å²) in [4.78, 5) is 23.3. The van der Waals surface area contributed by atoms with Crippen molar-refractivity contribution in [1.82, 2.24) is 14.3 Å². The largest absolute Gasteiger partial charge is 0.478 e. The molecule has 0 saturated heterocycles. The summed E-state index contributed by atoms with van der Waals surface area (Å²) >= 11 is 0. The Kier molecular flexibility index (Phi) is 4.04. The van der Waals surface area contributed by atoms with Gasteiger partial charge in [-0.25, -0.2) is 14.3 Å². The molecule has 0 fully saturated rings. The lowest BCUT2D eigenvalue weighted by atomic mass is 9.99. The molecule has 0 aliphatic carbocycles. The standard InChI is InChI=1S/C18H17N3O3/c1-12-19-20(2)18(24)21(12)11-13-7-9-14(10-8-13)15-5-3-4-6-16(15)17(22)23/h3-10H,11H2,1-2H3,(H,22,23). The number of hydrogen-bond donors (Lipinski definition) is 1. The second-order valence-electron chi connectivity index (χ2n) is 5.59. The molecular weight excluding hydrogens is 306 g/mol. The van der Waals surface area contributed by atoms with Gasteiger partial charge < -0.3 is 5.11 Å². The number of aromatic carboxylic acids is 1. The van der Waals surface area contributed by atoms with Crippen LogP contribution in [0.1, 0.15) is 21.7 Å². The number of hydrogen-bond acceptors (Lipinski definition) is 3. The second kappa shape index (κ2) is 6.16. The molecule has 0 radical (unpaired) electrons. The van der Waals surface area contributed by atoms with Crippen LogP contribution < -0.4 is 5.69 Å². The Morgan fingerprint density at radius 2 is 1.79 bits per heavy atom. The first-order valence-corrected chi connectivity index (χ1v) is 7.49. The summed E-state index contributed by atoms with van der Waals surface area (Å²) in [5.74, 6) is -0.296. The van der Waals surface area contributed by atoms with E-state index in [2.05, 4.69) is 5.10 Å². The van der Waals surface area contributed by atoms with E-state index in [4.69, 9.17) is 0 Å². The van der Waals surface area contributed by atoms with Crippen molar-refractivity contribution in [3.05, 3.63) is 76.0 Å². The molecule has 122 valence electrons. The minimum absolute atomic E-state index is 0.159.